The maximum absolute atomic E-state index is 12.4. The van der Waals surface area contributed by atoms with E-state index in [1.807, 2.05) is 5.32 Å². The van der Waals surface area contributed by atoms with Crippen molar-refractivity contribution >= 4 is 11.9 Å². The number of carbonyl (C=O) groups is 2. The standard InChI is InChI=1S/C13H10F3N3O2/c14-13(15,16)10(17)8-4-1-7(2-5-8)3-6-9-11(20)19-12(21)18-9/h1-2,4-5,9-10H,17H2,(H2,18,19,20,21)/t9-,10?/m0/s1. The molecule has 4 N–H and O–H groups in total. The Balaban J connectivity index is 2.11. The van der Waals surface area contributed by atoms with E-state index in [-0.39, 0.29) is 5.56 Å². The largest absolute Gasteiger partial charge is 0.407 e. The maximum atomic E-state index is 12.4. The molecular weight excluding hydrogens is 287 g/mol. The van der Waals surface area contributed by atoms with Gasteiger partial charge in [0.05, 0.1) is 0 Å². The maximum Gasteiger partial charge on any atom is 0.407 e. The number of hydrogen-bond acceptors (Lipinski definition) is 3. The fourth-order valence-electron chi connectivity index (χ4n) is 1.64. The van der Waals surface area contributed by atoms with Crippen LogP contribution in [0, 0.1) is 11.8 Å². The van der Waals surface area contributed by atoms with Gasteiger partial charge in [0, 0.05) is 5.56 Å². The van der Waals surface area contributed by atoms with E-state index in [2.05, 4.69) is 17.2 Å². The summed E-state index contributed by atoms with van der Waals surface area (Å²) in [6.07, 6.45) is -4.51. The summed E-state index contributed by atoms with van der Waals surface area (Å²) in [6.45, 7) is 0. The molecule has 110 valence electrons. The van der Waals surface area contributed by atoms with Crippen LogP contribution in [0.3, 0.4) is 0 Å². The van der Waals surface area contributed by atoms with Crippen molar-refractivity contribution in [2.75, 3.05) is 0 Å². The Morgan fingerprint density at radius 2 is 1.81 bits per heavy atom. The zero-order valence-corrected chi connectivity index (χ0v) is 10.5. The zero-order valence-electron chi connectivity index (χ0n) is 10.5. The number of nitrogens with two attached hydrogens (primary N) is 1. The smallest absolute Gasteiger partial charge is 0.316 e. The van der Waals surface area contributed by atoms with Gasteiger partial charge in [0.1, 0.15) is 6.04 Å². The molecule has 0 aromatic heterocycles. The van der Waals surface area contributed by atoms with E-state index in [1.54, 1.807) is 0 Å². The number of rotatable bonds is 1. The Bertz CT molecular complexity index is 629. The number of hydrogen-bond donors (Lipinski definition) is 3. The molecule has 0 saturated carbocycles. The van der Waals surface area contributed by atoms with Gasteiger partial charge in [-0.2, -0.15) is 13.2 Å². The van der Waals surface area contributed by atoms with Crippen LogP contribution in [-0.2, 0) is 4.79 Å². The van der Waals surface area contributed by atoms with Crippen LogP contribution in [0.1, 0.15) is 17.2 Å². The second-order valence-corrected chi connectivity index (χ2v) is 4.31. The Hall–Kier alpha value is -2.53. The van der Waals surface area contributed by atoms with Gasteiger partial charge in [0.2, 0.25) is 0 Å². The van der Waals surface area contributed by atoms with Crippen LogP contribution in [0.2, 0.25) is 0 Å². The van der Waals surface area contributed by atoms with Crippen LogP contribution in [0.25, 0.3) is 0 Å². The Kier molecular flexibility index (Phi) is 3.86. The number of nitrogens with one attached hydrogen (secondary N) is 2. The van der Waals surface area contributed by atoms with Crippen molar-refractivity contribution in [2.24, 2.45) is 5.73 Å². The minimum absolute atomic E-state index is 0.0834. The molecule has 21 heavy (non-hydrogen) atoms. The number of halogens is 3. The van der Waals surface area contributed by atoms with E-state index in [0.29, 0.717) is 5.56 Å². The summed E-state index contributed by atoms with van der Waals surface area (Å²) < 4.78 is 37.3. The Morgan fingerprint density at radius 1 is 1.19 bits per heavy atom. The predicted molar refractivity (Wildman–Crippen MR) is 66.8 cm³/mol. The molecule has 5 nitrogen and oxygen atoms in total. The van der Waals surface area contributed by atoms with Crippen LogP contribution in [0.5, 0.6) is 0 Å². The number of carbonyl (C=O) groups excluding carboxylic acids is 2. The Labute approximate surface area is 117 Å². The highest BCUT2D eigenvalue weighted by Crippen LogP contribution is 2.30. The van der Waals surface area contributed by atoms with Crippen LogP contribution in [-0.4, -0.2) is 24.2 Å². The van der Waals surface area contributed by atoms with Crippen molar-refractivity contribution < 1.29 is 22.8 Å². The number of amides is 3. The minimum Gasteiger partial charge on any atom is -0.316 e. The van der Waals surface area contributed by atoms with E-state index in [4.69, 9.17) is 5.73 Å². The van der Waals surface area contributed by atoms with Crippen molar-refractivity contribution in [3.8, 4) is 11.8 Å². The van der Waals surface area contributed by atoms with Gasteiger partial charge in [-0.1, -0.05) is 24.0 Å². The number of benzene rings is 1. The summed E-state index contributed by atoms with van der Waals surface area (Å²) in [5, 5.41) is 4.29. The highest BCUT2D eigenvalue weighted by molar-refractivity contribution is 6.05. The van der Waals surface area contributed by atoms with Gasteiger partial charge in [0.25, 0.3) is 5.91 Å². The van der Waals surface area contributed by atoms with Gasteiger partial charge in [-0.15, -0.1) is 0 Å². The van der Waals surface area contributed by atoms with E-state index in [0.717, 1.165) is 0 Å². The lowest BCUT2D eigenvalue weighted by Gasteiger charge is -2.15. The molecule has 8 heteroatoms. The predicted octanol–water partition coefficient (Wildman–Crippen LogP) is 0.808. The molecule has 2 atom stereocenters. The fourth-order valence-corrected chi connectivity index (χ4v) is 1.64. The van der Waals surface area contributed by atoms with Crippen LogP contribution in [0.15, 0.2) is 24.3 Å². The summed E-state index contributed by atoms with van der Waals surface area (Å²) in [7, 11) is 0. The average molecular weight is 297 g/mol. The molecule has 0 aliphatic carbocycles. The number of imide groups is 1. The zero-order chi connectivity index (χ0) is 15.6. The second kappa shape index (κ2) is 5.46. The van der Waals surface area contributed by atoms with Crippen molar-refractivity contribution in [1.82, 2.24) is 10.6 Å². The van der Waals surface area contributed by atoms with Gasteiger partial charge in [-0.3, -0.25) is 10.1 Å². The number of alkyl halides is 3. The third kappa shape index (κ3) is 3.52. The summed E-state index contributed by atoms with van der Waals surface area (Å²) in [5.74, 6) is 4.54. The topological polar surface area (TPSA) is 84.2 Å². The molecule has 3 amide bonds. The van der Waals surface area contributed by atoms with E-state index < -0.39 is 30.2 Å². The second-order valence-electron chi connectivity index (χ2n) is 4.31. The van der Waals surface area contributed by atoms with Gasteiger partial charge in [-0.25, -0.2) is 4.79 Å². The lowest BCUT2D eigenvalue weighted by atomic mass is 10.1. The van der Waals surface area contributed by atoms with E-state index >= 15 is 0 Å². The normalized spacial score (nSPS) is 19.3. The summed E-state index contributed by atoms with van der Waals surface area (Å²) in [5.41, 5.74) is 5.39. The molecule has 1 aromatic rings. The molecular formula is C13H10F3N3O2. The summed E-state index contributed by atoms with van der Waals surface area (Å²) in [6, 6.07) is 1.51. The third-order valence-electron chi connectivity index (χ3n) is 2.76. The summed E-state index contributed by atoms with van der Waals surface area (Å²) in [4.78, 5) is 22.1. The third-order valence-corrected chi connectivity index (χ3v) is 2.76. The first-order valence-corrected chi connectivity index (χ1v) is 5.82. The van der Waals surface area contributed by atoms with Gasteiger partial charge >= 0.3 is 12.2 Å². The lowest BCUT2D eigenvalue weighted by Crippen LogP contribution is -2.28. The summed E-state index contributed by atoms with van der Waals surface area (Å²) >= 11 is 0. The van der Waals surface area contributed by atoms with Crippen molar-refractivity contribution in [3.05, 3.63) is 35.4 Å². The highest BCUT2D eigenvalue weighted by Gasteiger charge is 2.37. The first-order chi connectivity index (χ1) is 9.77. The first kappa shape index (κ1) is 14.9. The molecule has 0 radical (unpaired) electrons. The van der Waals surface area contributed by atoms with E-state index in [1.165, 1.54) is 24.3 Å². The van der Waals surface area contributed by atoms with Crippen molar-refractivity contribution in [3.63, 3.8) is 0 Å². The van der Waals surface area contributed by atoms with Crippen LogP contribution < -0.4 is 16.4 Å². The fraction of sp³-hybridized carbons (Fsp3) is 0.231. The molecule has 1 heterocycles. The Morgan fingerprint density at radius 3 is 2.29 bits per heavy atom. The van der Waals surface area contributed by atoms with Crippen LogP contribution >= 0.6 is 0 Å². The van der Waals surface area contributed by atoms with Crippen molar-refractivity contribution in [1.29, 1.82) is 0 Å². The molecule has 1 saturated heterocycles. The molecule has 1 aliphatic heterocycles. The highest BCUT2D eigenvalue weighted by atomic mass is 19.4. The molecule has 0 spiro atoms. The molecule has 0 bridgehead atoms. The van der Waals surface area contributed by atoms with Gasteiger partial charge < -0.3 is 11.1 Å². The minimum atomic E-state index is -4.51. The quantitative estimate of drug-likeness (QED) is 0.530. The lowest BCUT2D eigenvalue weighted by molar-refractivity contribution is -0.149. The van der Waals surface area contributed by atoms with Gasteiger partial charge in [0.15, 0.2) is 6.04 Å². The number of urea groups is 1. The average Bonchev–Trinajstić information content (AvgIpc) is 2.73. The SMILES string of the molecule is NC(c1ccc(C#C[C@@H]2NC(=O)NC2=O)cc1)C(F)(F)F. The van der Waals surface area contributed by atoms with Crippen LogP contribution in [0.4, 0.5) is 18.0 Å². The molecule has 1 fully saturated rings. The molecule has 1 aliphatic rings. The van der Waals surface area contributed by atoms with Crippen molar-refractivity contribution in [2.45, 2.75) is 18.3 Å². The first-order valence-electron chi connectivity index (χ1n) is 5.82. The van der Waals surface area contributed by atoms with E-state index in [9.17, 15) is 22.8 Å². The molecule has 1 unspecified atom stereocenters. The molecule has 1 aromatic carbocycles. The van der Waals surface area contributed by atoms with Gasteiger partial charge in [-0.05, 0) is 17.7 Å². The monoisotopic (exact) mass is 297 g/mol. The molecule has 2 rings (SSSR count).